The van der Waals surface area contributed by atoms with Crippen LogP contribution in [0, 0.1) is 0 Å². The van der Waals surface area contributed by atoms with Gasteiger partial charge in [-0.1, -0.05) is 12.1 Å². The highest BCUT2D eigenvalue weighted by Gasteiger charge is 2.66. The van der Waals surface area contributed by atoms with E-state index in [9.17, 15) is 31.2 Å². The predicted octanol–water partition coefficient (Wildman–Crippen LogP) is 1.15. The number of rotatable bonds is 3. The minimum atomic E-state index is -5.25. The SMILES string of the molecule is COC1=N[N+](C(N)=O)(S(=O)(=O)c2ccccc2OC(F)(F)F)C(=O)N1C. The van der Waals surface area contributed by atoms with Crippen LogP contribution in [-0.2, 0) is 14.8 Å². The Kier molecular flexibility index (Phi) is 4.59. The fraction of sp³-hybridized carbons (Fsp3) is 0.250. The molecule has 1 atom stereocenters. The van der Waals surface area contributed by atoms with E-state index < -0.39 is 49.1 Å². The number of ether oxygens (including phenoxy) is 2. The molecule has 1 heterocycles. The maximum Gasteiger partial charge on any atom is 0.573 e. The quantitative estimate of drug-likeness (QED) is 0.762. The van der Waals surface area contributed by atoms with Crippen LogP contribution in [0.15, 0.2) is 34.3 Å². The Morgan fingerprint density at radius 3 is 2.35 bits per heavy atom. The van der Waals surface area contributed by atoms with Crippen molar-refractivity contribution in [2.75, 3.05) is 14.2 Å². The highest BCUT2D eigenvalue weighted by Crippen LogP contribution is 2.37. The molecule has 1 aliphatic heterocycles. The Morgan fingerprint density at radius 2 is 1.88 bits per heavy atom. The van der Waals surface area contributed by atoms with Gasteiger partial charge >= 0.3 is 34.5 Å². The minimum absolute atomic E-state index is 0.577. The lowest BCUT2D eigenvalue weighted by atomic mass is 10.3. The van der Waals surface area contributed by atoms with Gasteiger partial charge in [0.1, 0.15) is 0 Å². The van der Waals surface area contributed by atoms with Crippen LogP contribution in [0.1, 0.15) is 0 Å². The summed E-state index contributed by atoms with van der Waals surface area (Å²) in [5.74, 6) is -1.16. The lowest BCUT2D eigenvalue weighted by Gasteiger charge is -2.21. The van der Waals surface area contributed by atoms with Crippen LogP contribution in [0.25, 0.3) is 0 Å². The molecule has 142 valence electrons. The molecule has 4 amide bonds. The number of nitrogens with zero attached hydrogens (tertiary/aromatic N) is 3. The molecule has 1 aromatic rings. The van der Waals surface area contributed by atoms with Crippen LogP contribution in [0.2, 0.25) is 0 Å². The molecule has 1 aromatic carbocycles. The summed E-state index contributed by atoms with van der Waals surface area (Å²) in [5.41, 5.74) is 5.08. The number of hydrogen-bond donors (Lipinski definition) is 1. The van der Waals surface area contributed by atoms with Gasteiger partial charge in [0, 0.05) is 12.1 Å². The van der Waals surface area contributed by atoms with Crippen molar-refractivity contribution in [1.82, 2.24) is 4.90 Å². The van der Waals surface area contributed by atoms with Crippen LogP contribution in [-0.4, -0.2) is 55.9 Å². The number of imide groups is 1. The van der Waals surface area contributed by atoms with E-state index in [1.807, 2.05) is 0 Å². The number of methoxy groups -OCH3 is 1. The second-order valence-corrected chi connectivity index (χ2v) is 6.73. The molecule has 26 heavy (non-hydrogen) atoms. The summed E-state index contributed by atoms with van der Waals surface area (Å²) in [6, 6.07) is -0.260. The van der Waals surface area contributed by atoms with Gasteiger partial charge in [0.25, 0.3) is 0 Å². The number of halogens is 3. The topological polar surface area (TPSA) is 128 Å². The van der Waals surface area contributed by atoms with Crippen LogP contribution in [0.3, 0.4) is 0 Å². The number of amides is 4. The van der Waals surface area contributed by atoms with Crippen molar-refractivity contribution in [3.63, 3.8) is 0 Å². The number of carbonyl (C=O) groups excluding carboxylic acids is 2. The van der Waals surface area contributed by atoms with E-state index in [0.29, 0.717) is 17.0 Å². The largest absolute Gasteiger partial charge is 0.573 e. The molecule has 14 heteroatoms. The third-order valence-corrected chi connectivity index (χ3v) is 5.25. The van der Waals surface area contributed by atoms with Crippen LogP contribution in [0.4, 0.5) is 22.8 Å². The average Bonchev–Trinajstić information content (AvgIpc) is 2.79. The molecule has 0 spiro atoms. The number of para-hydroxylation sites is 1. The molecule has 2 rings (SSSR count). The normalized spacial score (nSPS) is 20.7. The lowest BCUT2D eigenvalue weighted by Crippen LogP contribution is -2.59. The number of alkyl halides is 3. The molecular formula is C12H12F3N4O6S+. The number of quaternary nitrogens is 1. The third-order valence-electron chi connectivity index (χ3n) is 3.24. The number of carbonyl (C=O) groups is 2. The second-order valence-electron chi connectivity index (χ2n) is 4.81. The van der Waals surface area contributed by atoms with Gasteiger partial charge in [0.2, 0.25) is 0 Å². The lowest BCUT2D eigenvalue weighted by molar-refractivity contribution is -0.634. The molecule has 10 nitrogen and oxygen atoms in total. The van der Waals surface area contributed by atoms with Crippen molar-refractivity contribution in [1.29, 1.82) is 0 Å². The first-order chi connectivity index (χ1) is 11.9. The van der Waals surface area contributed by atoms with Gasteiger partial charge in [-0.15, -0.1) is 13.2 Å². The van der Waals surface area contributed by atoms with Gasteiger partial charge in [-0.05, 0) is 12.1 Å². The van der Waals surface area contributed by atoms with E-state index in [-0.39, 0.29) is 0 Å². The molecule has 0 saturated heterocycles. The van der Waals surface area contributed by atoms with E-state index in [0.717, 1.165) is 26.3 Å². The third kappa shape index (κ3) is 2.82. The fourth-order valence-corrected chi connectivity index (χ4v) is 3.77. The highest BCUT2D eigenvalue weighted by atomic mass is 32.2. The average molecular weight is 397 g/mol. The van der Waals surface area contributed by atoms with Crippen LogP contribution in [0.5, 0.6) is 5.75 Å². The molecule has 0 radical (unpaired) electrons. The van der Waals surface area contributed by atoms with E-state index in [1.165, 1.54) is 0 Å². The Bertz CT molecular complexity index is 900. The Hall–Kier alpha value is -2.87. The van der Waals surface area contributed by atoms with Crippen LogP contribution < -0.4 is 10.5 Å². The van der Waals surface area contributed by atoms with Crippen molar-refractivity contribution >= 4 is 28.1 Å². The monoisotopic (exact) mass is 397 g/mol. The fourth-order valence-electron chi connectivity index (χ4n) is 2.13. The van der Waals surface area contributed by atoms with Crippen molar-refractivity contribution in [3.05, 3.63) is 24.3 Å². The van der Waals surface area contributed by atoms with Crippen molar-refractivity contribution in [3.8, 4) is 5.75 Å². The highest BCUT2D eigenvalue weighted by molar-refractivity contribution is 7.86. The summed E-state index contributed by atoms with van der Waals surface area (Å²) >= 11 is 0. The Morgan fingerprint density at radius 1 is 1.31 bits per heavy atom. The standard InChI is InChI=1S/C12H11F3N4O6S/c1-18-10(24-2)17-19(9(16)20,11(18)21)26(22,23)8-6-4-3-5-7(8)25-12(13,14)15/h3-6H,1-2H3,(H-,16,20)/p+1. The van der Waals surface area contributed by atoms with Gasteiger partial charge in [0.15, 0.2) is 10.6 Å². The van der Waals surface area contributed by atoms with Crippen molar-refractivity contribution in [2.45, 2.75) is 11.3 Å². The number of nitrogens with two attached hydrogens (primary N) is 1. The first kappa shape index (κ1) is 19.5. The van der Waals surface area contributed by atoms with Crippen LogP contribution >= 0.6 is 0 Å². The van der Waals surface area contributed by atoms with Gasteiger partial charge in [-0.25, -0.2) is 14.5 Å². The zero-order valence-electron chi connectivity index (χ0n) is 13.2. The summed E-state index contributed by atoms with van der Waals surface area (Å²) in [5, 5.41) is 3.39. The first-order valence-corrected chi connectivity index (χ1v) is 8.04. The van der Waals surface area contributed by atoms with E-state index >= 15 is 0 Å². The number of sulfonamides is 1. The maximum absolute atomic E-state index is 12.9. The maximum atomic E-state index is 12.9. The molecule has 1 aliphatic rings. The first-order valence-electron chi connectivity index (χ1n) is 6.60. The number of urea groups is 2. The van der Waals surface area contributed by atoms with E-state index in [2.05, 4.69) is 9.84 Å². The molecular weight excluding hydrogens is 385 g/mol. The van der Waals surface area contributed by atoms with Gasteiger partial charge < -0.3 is 15.2 Å². The van der Waals surface area contributed by atoms with Gasteiger partial charge in [-0.2, -0.15) is 8.42 Å². The summed E-state index contributed by atoms with van der Waals surface area (Å²) in [4.78, 5) is 23.8. The molecule has 1 unspecified atom stereocenters. The van der Waals surface area contributed by atoms with Gasteiger partial charge in [0.05, 0.1) is 11.1 Å². The summed E-state index contributed by atoms with van der Waals surface area (Å²) in [6.45, 7) is 0. The zero-order valence-corrected chi connectivity index (χ0v) is 14.0. The van der Waals surface area contributed by atoms with Gasteiger partial charge in [-0.3, -0.25) is 0 Å². The molecule has 0 aromatic heterocycles. The molecule has 2 N–H and O–H groups in total. The molecule has 0 bridgehead atoms. The van der Waals surface area contributed by atoms with E-state index in [1.54, 1.807) is 0 Å². The number of benzene rings is 1. The molecule has 0 fully saturated rings. The molecule has 0 aliphatic carbocycles. The molecule has 0 saturated carbocycles. The Balaban J connectivity index is 2.76. The number of primary amides is 1. The summed E-state index contributed by atoms with van der Waals surface area (Å²) < 4.78 is 69.6. The smallest absolute Gasteiger partial charge is 0.464 e. The van der Waals surface area contributed by atoms with Crippen molar-refractivity contribution in [2.24, 2.45) is 10.8 Å². The Labute approximate surface area is 144 Å². The summed E-state index contributed by atoms with van der Waals surface area (Å²) in [6.07, 6.45) is -5.23. The number of amidine groups is 1. The van der Waals surface area contributed by atoms with Crippen molar-refractivity contribution < 1.29 is 44.6 Å². The summed E-state index contributed by atoms with van der Waals surface area (Å²) in [7, 11) is -3.17. The minimum Gasteiger partial charge on any atom is -0.464 e. The second kappa shape index (κ2) is 6.14. The zero-order chi connectivity index (χ0) is 19.9. The predicted molar refractivity (Wildman–Crippen MR) is 77.8 cm³/mol. The van der Waals surface area contributed by atoms with E-state index in [4.69, 9.17) is 10.5 Å². The number of hydrogen-bond acceptors (Lipinski definition) is 7.